The van der Waals surface area contributed by atoms with Gasteiger partial charge in [-0.1, -0.05) is 11.8 Å². The average Bonchev–Trinajstić information content (AvgIpc) is 2.87. The molecule has 0 radical (unpaired) electrons. The van der Waals surface area contributed by atoms with Crippen LogP contribution >= 0.6 is 11.8 Å². The van der Waals surface area contributed by atoms with Crippen molar-refractivity contribution < 1.29 is 22.4 Å². The minimum Gasteiger partial charge on any atom is -0.468 e. The summed E-state index contributed by atoms with van der Waals surface area (Å²) < 4.78 is 42.9. The summed E-state index contributed by atoms with van der Waals surface area (Å²) in [6.07, 6.45) is -3.12. The van der Waals surface area contributed by atoms with Crippen LogP contribution in [0.15, 0.2) is 40.0 Å². The van der Waals surface area contributed by atoms with Gasteiger partial charge in [-0.3, -0.25) is 4.79 Å². The summed E-state index contributed by atoms with van der Waals surface area (Å²) in [6.45, 7) is 0. The number of amides is 1. The molecule has 0 aromatic carbocycles. The van der Waals surface area contributed by atoms with Crippen molar-refractivity contribution in [1.82, 2.24) is 4.98 Å². The highest BCUT2D eigenvalue weighted by atomic mass is 32.2. The second-order valence-corrected chi connectivity index (χ2v) is 4.74. The first-order valence-electron chi connectivity index (χ1n) is 5.41. The fraction of sp³-hybridized carbons (Fsp3) is 0.167. The Labute approximate surface area is 116 Å². The fourth-order valence-corrected chi connectivity index (χ4v) is 2.36. The highest BCUT2D eigenvalue weighted by molar-refractivity contribution is 7.98. The molecule has 0 atom stereocenters. The van der Waals surface area contributed by atoms with Gasteiger partial charge in [-0.2, -0.15) is 13.2 Å². The molecule has 0 aliphatic heterocycles. The third-order valence-electron chi connectivity index (χ3n) is 2.35. The molecule has 2 aromatic rings. The number of carbonyl (C=O) groups excluding carboxylic acids is 1. The zero-order valence-corrected chi connectivity index (χ0v) is 10.8. The van der Waals surface area contributed by atoms with Crippen molar-refractivity contribution in [2.24, 2.45) is 5.73 Å². The first-order valence-corrected chi connectivity index (χ1v) is 6.39. The summed E-state index contributed by atoms with van der Waals surface area (Å²) in [5, 5.41) is -0.0660. The van der Waals surface area contributed by atoms with Gasteiger partial charge < -0.3 is 10.2 Å². The van der Waals surface area contributed by atoms with Crippen molar-refractivity contribution in [3.8, 4) is 0 Å². The quantitative estimate of drug-likeness (QED) is 0.881. The molecule has 4 nitrogen and oxygen atoms in total. The van der Waals surface area contributed by atoms with Crippen LogP contribution in [-0.2, 0) is 11.9 Å². The van der Waals surface area contributed by atoms with E-state index in [1.165, 1.54) is 6.26 Å². The van der Waals surface area contributed by atoms with E-state index in [-0.39, 0.29) is 16.3 Å². The van der Waals surface area contributed by atoms with Gasteiger partial charge in [-0.15, -0.1) is 0 Å². The van der Waals surface area contributed by atoms with Crippen LogP contribution in [0.5, 0.6) is 0 Å². The number of nitrogens with two attached hydrogens (primary N) is 1. The molecule has 0 saturated heterocycles. The Morgan fingerprint density at radius 2 is 2.10 bits per heavy atom. The number of hydrogen-bond donors (Lipinski definition) is 1. The maximum absolute atomic E-state index is 12.6. The summed E-state index contributed by atoms with van der Waals surface area (Å²) in [5.41, 5.74) is 4.01. The van der Waals surface area contributed by atoms with Gasteiger partial charge in [0.2, 0.25) is 0 Å². The molecule has 0 bridgehead atoms. The highest BCUT2D eigenvalue weighted by Crippen LogP contribution is 2.31. The minimum atomic E-state index is -4.57. The molecule has 8 heteroatoms. The van der Waals surface area contributed by atoms with Crippen molar-refractivity contribution in [3.05, 3.63) is 47.5 Å². The van der Waals surface area contributed by atoms with Crippen LogP contribution in [0.25, 0.3) is 0 Å². The van der Waals surface area contributed by atoms with Gasteiger partial charge in [0, 0.05) is 0 Å². The van der Waals surface area contributed by atoms with Gasteiger partial charge in [0.05, 0.1) is 17.6 Å². The van der Waals surface area contributed by atoms with Crippen molar-refractivity contribution in [1.29, 1.82) is 0 Å². The van der Waals surface area contributed by atoms with Gasteiger partial charge in [-0.25, -0.2) is 4.98 Å². The van der Waals surface area contributed by atoms with Crippen molar-refractivity contribution in [3.63, 3.8) is 0 Å². The number of aromatic nitrogens is 1. The molecule has 106 valence electrons. The van der Waals surface area contributed by atoms with E-state index in [4.69, 9.17) is 10.2 Å². The van der Waals surface area contributed by atoms with Crippen LogP contribution in [0.4, 0.5) is 13.2 Å². The molecular weight excluding hydrogens is 293 g/mol. The summed E-state index contributed by atoms with van der Waals surface area (Å²) >= 11 is 0.958. The van der Waals surface area contributed by atoms with Gasteiger partial charge in [0.15, 0.2) is 0 Å². The molecule has 2 N–H and O–H groups in total. The van der Waals surface area contributed by atoms with Gasteiger partial charge in [0.25, 0.3) is 5.91 Å². The average molecular weight is 302 g/mol. The third kappa shape index (κ3) is 3.32. The lowest BCUT2D eigenvalue weighted by atomic mass is 10.2. The van der Waals surface area contributed by atoms with E-state index in [0.717, 1.165) is 23.9 Å². The number of hydrogen-bond acceptors (Lipinski definition) is 4. The number of pyridine rings is 1. The molecular formula is C12H9F3N2O2S. The molecule has 0 fully saturated rings. The lowest BCUT2D eigenvalue weighted by Gasteiger charge is -2.10. The standard InChI is InChI=1S/C12H9F3N2O2S/c13-12(14,15)9-4-3-8(10(16)18)11(17-9)20-6-7-2-1-5-19-7/h1-5H,6H2,(H2,16,18). The van der Waals surface area contributed by atoms with E-state index in [2.05, 4.69) is 4.98 Å². The van der Waals surface area contributed by atoms with Gasteiger partial charge >= 0.3 is 6.18 Å². The third-order valence-corrected chi connectivity index (χ3v) is 3.36. The molecule has 0 aliphatic carbocycles. The minimum absolute atomic E-state index is 0.0467. The van der Waals surface area contributed by atoms with Crippen molar-refractivity contribution >= 4 is 17.7 Å². The summed E-state index contributed by atoms with van der Waals surface area (Å²) in [7, 11) is 0. The van der Waals surface area contributed by atoms with Crippen molar-refractivity contribution in [2.45, 2.75) is 17.0 Å². The molecule has 0 saturated carbocycles. The number of carbonyl (C=O) groups is 1. The predicted octanol–water partition coefficient (Wildman–Crippen LogP) is 3.08. The fourth-order valence-electron chi connectivity index (χ4n) is 1.43. The largest absolute Gasteiger partial charge is 0.468 e. The van der Waals surface area contributed by atoms with Crippen LogP contribution in [0.3, 0.4) is 0 Å². The highest BCUT2D eigenvalue weighted by Gasteiger charge is 2.33. The van der Waals surface area contributed by atoms with Gasteiger partial charge in [0.1, 0.15) is 16.5 Å². The molecule has 1 amide bonds. The monoisotopic (exact) mass is 302 g/mol. The Morgan fingerprint density at radius 3 is 2.65 bits per heavy atom. The number of alkyl halides is 3. The lowest BCUT2D eigenvalue weighted by Crippen LogP contribution is -2.16. The van der Waals surface area contributed by atoms with Crippen LogP contribution in [-0.4, -0.2) is 10.9 Å². The molecule has 20 heavy (non-hydrogen) atoms. The molecule has 0 unspecified atom stereocenters. The maximum Gasteiger partial charge on any atom is 0.433 e. The number of thioether (sulfide) groups is 1. The Balaban J connectivity index is 2.29. The molecule has 2 aromatic heterocycles. The SMILES string of the molecule is NC(=O)c1ccc(C(F)(F)F)nc1SCc1ccco1. The maximum atomic E-state index is 12.6. The summed E-state index contributed by atoms with van der Waals surface area (Å²) in [4.78, 5) is 14.7. The normalized spacial score (nSPS) is 11.6. The van der Waals surface area contributed by atoms with E-state index in [9.17, 15) is 18.0 Å². The number of primary amides is 1. The number of nitrogens with zero attached hydrogens (tertiary/aromatic N) is 1. The smallest absolute Gasteiger partial charge is 0.433 e. The van der Waals surface area contributed by atoms with Crippen LogP contribution in [0.2, 0.25) is 0 Å². The first-order chi connectivity index (χ1) is 9.38. The van der Waals surface area contributed by atoms with Crippen LogP contribution < -0.4 is 5.73 Å². The van der Waals surface area contributed by atoms with Gasteiger partial charge in [-0.05, 0) is 24.3 Å². The second kappa shape index (κ2) is 5.58. The molecule has 0 aliphatic rings. The summed E-state index contributed by atoms with van der Waals surface area (Å²) in [6, 6.07) is 5.09. The number of rotatable bonds is 4. The Bertz CT molecular complexity index is 612. The number of furan rings is 1. The zero-order chi connectivity index (χ0) is 14.8. The topological polar surface area (TPSA) is 69.1 Å². The molecule has 2 heterocycles. The molecule has 2 rings (SSSR count). The predicted molar refractivity (Wildman–Crippen MR) is 66.0 cm³/mol. The summed E-state index contributed by atoms with van der Waals surface area (Å²) in [5.74, 6) is -0.0143. The van der Waals surface area contributed by atoms with Crippen LogP contribution in [0, 0.1) is 0 Å². The van der Waals surface area contributed by atoms with E-state index < -0.39 is 17.8 Å². The Morgan fingerprint density at radius 1 is 1.35 bits per heavy atom. The number of halogens is 3. The Kier molecular flexibility index (Phi) is 4.03. The lowest BCUT2D eigenvalue weighted by molar-refractivity contribution is -0.141. The van der Waals surface area contributed by atoms with E-state index in [0.29, 0.717) is 5.76 Å². The molecule has 0 spiro atoms. The van der Waals surface area contributed by atoms with Crippen molar-refractivity contribution in [2.75, 3.05) is 0 Å². The van der Waals surface area contributed by atoms with E-state index in [1.54, 1.807) is 12.1 Å². The Hall–Kier alpha value is -1.96. The zero-order valence-electron chi connectivity index (χ0n) is 9.98. The second-order valence-electron chi connectivity index (χ2n) is 3.78. The van der Waals surface area contributed by atoms with E-state index in [1.807, 2.05) is 0 Å². The first kappa shape index (κ1) is 14.4. The van der Waals surface area contributed by atoms with E-state index >= 15 is 0 Å². The van der Waals surface area contributed by atoms with Crippen LogP contribution in [0.1, 0.15) is 21.8 Å².